The summed E-state index contributed by atoms with van der Waals surface area (Å²) in [6.45, 7) is 9.24. The molecule has 1 aliphatic rings. The zero-order chi connectivity index (χ0) is 23.0. The van der Waals surface area contributed by atoms with Crippen molar-refractivity contribution < 1.29 is 17.9 Å². The minimum atomic E-state index is -3.57. The molecule has 2 aromatic carbocycles. The molecule has 3 aromatic rings. The quantitative estimate of drug-likeness (QED) is 0.480. The van der Waals surface area contributed by atoms with Crippen LogP contribution in [-0.2, 0) is 16.6 Å². The summed E-state index contributed by atoms with van der Waals surface area (Å²) in [6.07, 6.45) is 2.92. The molecule has 1 aliphatic heterocycles. The van der Waals surface area contributed by atoms with Crippen LogP contribution < -0.4 is 4.74 Å². The van der Waals surface area contributed by atoms with Gasteiger partial charge in [-0.2, -0.15) is 4.31 Å². The maximum absolute atomic E-state index is 13.2. The van der Waals surface area contributed by atoms with Gasteiger partial charge < -0.3 is 9.30 Å². The van der Waals surface area contributed by atoms with Gasteiger partial charge in [-0.15, -0.1) is 0 Å². The van der Waals surface area contributed by atoms with E-state index in [1.807, 2.05) is 32.0 Å². The van der Waals surface area contributed by atoms with Crippen LogP contribution >= 0.6 is 0 Å². The number of carbonyl (C=O) groups is 1. The lowest BCUT2D eigenvalue weighted by Gasteiger charge is -2.17. The van der Waals surface area contributed by atoms with Crippen LogP contribution in [0.25, 0.3) is 10.9 Å². The first-order chi connectivity index (χ1) is 15.2. The number of fused-ring (bicyclic) bond motifs is 1. The lowest BCUT2D eigenvalue weighted by molar-refractivity contribution is 0.101. The highest BCUT2D eigenvalue weighted by atomic mass is 32.2. The summed E-state index contributed by atoms with van der Waals surface area (Å²) >= 11 is 0. The van der Waals surface area contributed by atoms with Crippen LogP contribution in [0.1, 0.15) is 56.0 Å². The molecular weight excluding hydrogens is 424 g/mol. The fourth-order valence-corrected chi connectivity index (χ4v) is 5.94. The Morgan fingerprint density at radius 1 is 1.16 bits per heavy atom. The zero-order valence-electron chi connectivity index (χ0n) is 19.0. The standard InChI is InChI=1S/C25H30N2O4S/c1-5-26-16-24(23-11-6-19(18(4)28)14-25(23)26)20-12-13-27(15-20)32(29,30)22-9-7-21(8-10-22)31-17(2)3/h6-11,14,16-17,20H,5,12-13,15H2,1-4H3. The Morgan fingerprint density at radius 3 is 2.50 bits per heavy atom. The van der Waals surface area contributed by atoms with E-state index in [2.05, 4.69) is 17.7 Å². The van der Waals surface area contributed by atoms with E-state index >= 15 is 0 Å². The molecule has 0 spiro atoms. The predicted octanol–water partition coefficient (Wildman–Crippen LogP) is 4.83. The molecule has 4 rings (SSSR count). The van der Waals surface area contributed by atoms with Crippen molar-refractivity contribution in [2.24, 2.45) is 0 Å². The SMILES string of the molecule is CCn1cc(C2CCN(S(=O)(=O)c3ccc(OC(C)C)cc3)C2)c2ccc(C(C)=O)cc21. The number of aryl methyl sites for hydroxylation is 1. The van der Waals surface area contributed by atoms with Gasteiger partial charge in [0.2, 0.25) is 10.0 Å². The van der Waals surface area contributed by atoms with E-state index in [-0.39, 0.29) is 22.7 Å². The lowest BCUT2D eigenvalue weighted by atomic mass is 9.97. The number of hydrogen-bond donors (Lipinski definition) is 0. The molecule has 1 atom stereocenters. The number of ketones is 1. The third-order valence-electron chi connectivity index (χ3n) is 6.08. The minimum absolute atomic E-state index is 0.0357. The summed E-state index contributed by atoms with van der Waals surface area (Å²) in [4.78, 5) is 12.1. The Hall–Kier alpha value is -2.64. The second-order valence-corrected chi connectivity index (χ2v) is 10.6. The molecule has 0 saturated carbocycles. The molecule has 32 heavy (non-hydrogen) atoms. The second-order valence-electron chi connectivity index (χ2n) is 8.65. The minimum Gasteiger partial charge on any atom is -0.491 e. The Balaban J connectivity index is 1.59. The van der Waals surface area contributed by atoms with Gasteiger partial charge in [-0.3, -0.25) is 4.79 Å². The van der Waals surface area contributed by atoms with Crippen LogP contribution in [-0.4, -0.2) is 42.3 Å². The number of hydrogen-bond acceptors (Lipinski definition) is 4. The van der Waals surface area contributed by atoms with Gasteiger partial charge in [0.15, 0.2) is 5.78 Å². The van der Waals surface area contributed by atoms with Crippen LogP contribution in [0.2, 0.25) is 0 Å². The van der Waals surface area contributed by atoms with Crippen LogP contribution in [0.3, 0.4) is 0 Å². The van der Waals surface area contributed by atoms with Gasteiger partial charge in [-0.05, 0) is 70.0 Å². The van der Waals surface area contributed by atoms with Gasteiger partial charge in [-0.25, -0.2) is 8.42 Å². The lowest BCUT2D eigenvalue weighted by Crippen LogP contribution is -2.28. The summed E-state index contributed by atoms with van der Waals surface area (Å²) in [5, 5.41) is 1.09. The molecule has 6 nitrogen and oxygen atoms in total. The molecule has 0 aliphatic carbocycles. The number of Topliss-reactive ketones (excluding diaryl/α,β-unsaturated/α-hetero) is 1. The van der Waals surface area contributed by atoms with Crippen LogP contribution in [0, 0.1) is 0 Å². The van der Waals surface area contributed by atoms with Gasteiger partial charge in [0.05, 0.1) is 11.0 Å². The number of ether oxygens (including phenoxy) is 1. The monoisotopic (exact) mass is 454 g/mol. The molecule has 1 saturated heterocycles. The summed E-state index contributed by atoms with van der Waals surface area (Å²) in [7, 11) is -3.57. The summed E-state index contributed by atoms with van der Waals surface area (Å²) in [6, 6.07) is 12.5. The van der Waals surface area contributed by atoms with Gasteiger partial charge in [-0.1, -0.05) is 12.1 Å². The van der Waals surface area contributed by atoms with Crippen molar-refractivity contribution in [2.75, 3.05) is 13.1 Å². The molecule has 0 N–H and O–H groups in total. The van der Waals surface area contributed by atoms with Crippen molar-refractivity contribution in [1.29, 1.82) is 0 Å². The molecule has 2 heterocycles. The van der Waals surface area contributed by atoms with Crippen LogP contribution in [0.5, 0.6) is 5.75 Å². The predicted molar refractivity (Wildman–Crippen MR) is 126 cm³/mol. The largest absolute Gasteiger partial charge is 0.491 e. The highest BCUT2D eigenvalue weighted by molar-refractivity contribution is 7.89. The van der Waals surface area contributed by atoms with Crippen LogP contribution in [0.4, 0.5) is 0 Å². The van der Waals surface area contributed by atoms with E-state index in [0.29, 0.717) is 24.4 Å². The van der Waals surface area contributed by atoms with Crippen LogP contribution in [0.15, 0.2) is 53.6 Å². The van der Waals surface area contributed by atoms with Gasteiger partial charge >= 0.3 is 0 Å². The normalized spacial score (nSPS) is 17.3. The van der Waals surface area contributed by atoms with Crippen molar-refractivity contribution in [3.63, 3.8) is 0 Å². The summed E-state index contributed by atoms with van der Waals surface area (Å²) in [5.41, 5.74) is 2.87. The number of aromatic nitrogens is 1. The number of benzene rings is 2. The van der Waals surface area contributed by atoms with Gasteiger partial charge in [0.25, 0.3) is 0 Å². The van der Waals surface area contributed by atoms with Gasteiger partial charge in [0, 0.05) is 48.2 Å². The molecule has 1 unspecified atom stereocenters. The topological polar surface area (TPSA) is 68.6 Å². The third kappa shape index (κ3) is 4.19. The first-order valence-corrected chi connectivity index (χ1v) is 12.5. The summed E-state index contributed by atoms with van der Waals surface area (Å²) < 4.78 is 35.8. The average Bonchev–Trinajstić information content (AvgIpc) is 3.38. The Labute approximate surface area is 189 Å². The van der Waals surface area contributed by atoms with Crippen molar-refractivity contribution in [3.05, 3.63) is 59.8 Å². The smallest absolute Gasteiger partial charge is 0.243 e. The Bertz CT molecular complexity index is 1240. The maximum atomic E-state index is 13.2. The molecule has 7 heteroatoms. The van der Waals surface area contributed by atoms with Crippen molar-refractivity contribution in [2.45, 2.75) is 57.6 Å². The van der Waals surface area contributed by atoms with E-state index < -0.39 is 10.0 Å². The van der Waals surface area contributed by atoms with E-state index in [1.54, 1.807) is 35.5 Å². The average molecular weight is 455 g/mol. The molecular formula is C25H30N2O4S. The first kappa shape index (κ1) is 22.6. The number of sulfonamides is 1. The fraction of sp³-hybridized carbons (Fsp3) is 0.400. The van der Waals surface area contributed by atoms with Gasteiger partial charge in [0.1, 0.15) is 5.75 Å². The molecule has 170 valence electrons. The highest BCUT2D eigenvalue weighted by Crippen LogP contribution is 2.36. The molecule has 0 radical (unpaired) electrons. The zero-order valence-corrected chi connectivity index (χ0v) is 19.9. The first-order valence-electron chi connectivity index (χ1n) is 11.1. The van der Waals surface area contributed by atoms with E-state index in [1.165, 1.54) is 0 Å². The molecule has 0 amide bonds. The van der Waals surface area contributed by atoms with E-state index in [4.69, 9.17) is 4.74 Å². The second kappa shape index (κ2) is 8.71. The van der Waals surface area contributed by atoms with Crippen molar-refractivity contribution in [3.8, 4) is 5.75 Å². The van der Waals surface area contributed by atoms with E-state index in [0.717, 1.165) is 29.4 Å². The Kier molecular flexibility index (Phi) is 6.14. The van der Waals surface area contributed by atoms with Crippen molar-refractivity contribution >= 4 is 26.7 Å². The summed E-state index contributed by atoms with van der Waals surface area (Å²) in [5.74, 6) is 0.822. The number of nitrogens with zero attached hydrogens (tertiary/aromatic N) is 2. The number of carbonyl (C=O) groups excluding carboxylic acids is 1. The maximum Gasteiger partial charge on any atom is 0.243 e. The van der Waals surface area contributed by atoms with E-state index in [9.17, 15) is 13.2 Å². The highest BCUT2D eigenvalue weighted by Gasteiger charge is 2.34. The molecule has 1 fully saturated rings. The fourth-order valence-electron chi connectivity index (χ4n) is 4.44. The Morgan fingerprint density at radius 2 is 1.88 bits per heavy atom. The van der Waals surface area contributed by atoms with Crippen molar-refractivity contribution in [1.82, 2.24) is 8.87 Å². The third-order valence-corrected chi connectivity index (χ3v) is 7.96. The molecule has 0 bridgehead atoms. The number of rotatable bonds is 7. The molecule has 1 aromatic heterocycles.